The molecule has 7 heteroatoms. The monoisotopic (exact) mass is 393 g/mol. The van der Waals surface area contributed by atoms with Crippen molar-refractivity contribution in [2.24, 2.45) is 0 Å². The maximum atomic E-state index is 12.7. The number of aromatic nitrogens is 2. The lowest BCUT2D eigenvalue weighted by Crippen LogP contribution is -2.30. The number of esters is 1. The minimum atomic E-state index is -0.969. The van der Waals surface area contributed by atoms with Crippen LogP contribution in [0.25, 0.3) is 5.69 Å². The molecule has 1 N–H and O–H groups in total. The molecule has 1 atom stereocenters. The Bertz CT molecular complexity index is 1010. The van der Waals surface area contributed by atoms with Crippen LogP contribution < -0.4 is 10.1 Å². The van der Waals surface area contributed by atoms with E-state index in [2.05, 4.69) is 10.4 Å². The highest BCUT2D eigenvalue weighted by atomic mass is 16.5. The zero-order valence-electron chi connectivity index (χ0n) is 16.8. The second-order valence-electron chi connectivity index (χ2n) is 6.56. The number of para-hydroxylation sites is 1. The van der Waals surface area contributed by atoms with Crippen molar-refractivity contribution < 1.29 is 19.1 Å². The van der Waals surface area contributed by atoms with Gasteiger partial charge in [-0.2, -0.15) is 5.10 Å². The van der Waals surface area contributed by atoms with Crippen molar-refractivity contribution in [3.05, 3.63) is 71.5 Å². The fourth-order valence-corrected chi connectivity index (χ4v) is 2.95. The van der Waals surface area contributed by atoms with E-state index in [1.807, 2.05) is 30.3 Å². The van der Waals surface area contributed by atoms with Gasteiger partial charge < -0.3 is 14.8 Å². The number of nitrogens with one attached hydrogen (secondary N) is 1. The molecule has 1 unspecified atom stereocenters. The zero-order valence-corrected chi connectivity index (χ0v) is 16.8. The number of nitrogens with zero attached hydrogens (tertiary/aromatic N) is 2. The zero-order chi connectivity index (χ0) is 21.0. The molecule has 150 valence electrons. The van der Waals surface area contributed by atoms with E-state index in [0.717, 1.165) is 5.69 Å². The van der Waals surface area contributed by atoms with Crippen molar-refractivity contribution in [2.45, 2.75) is 26.9 Å². The van der Waals surface area contributed by atoms with E-state index >= 15 is 0 Å². The van der Waals surface area contributed by atoms with Crippen LogP contribution in [0.4, 0.5) is 5.69 Å². The summed E-state index contributed by atoms with van der Waals surface area (Å²) in [5.41, 5.74) is 2.99. The minimum Gasteiger partial charge on any atom is -0.497 e. The molecule has 0 radical (unpaired) electrons. The molecular formula is C22H23N3O4. The number of hydrogen-bond acceptors (Lipinski definition) is 5. The summed E-state index contributed by atoms with van der Waals surface area (Å²) in [6, 6.07) is 16.4. The predicted molar refractivity (Wildman–Crippen MR) is 110 cm³/mol. The van der Waals surface area contributed by atoms with E-state index in [1.54, 1.807) is 49.9 Å². The van der Waals surface area contributed by atoms with Gasteiger partial charge in [0.25, 0.3) is 5.91 Å². The number of benzene rings is 2. The molecular weight excluding hydrogens is 370 g/mol. The van der Waals surface area contributed by atoms with Crippen LogP contribution in [0.1, 0.15) is 28.7 Å². The Morgan fingerprint density at radius 1 is 1.03 bits per heavy atom. The average molecular weight is 393 g/mol. The number of rotatable bonds is 6. The lowest BCUT2D eigenvalue weighted by Gasteiger charge is -2.14. The van der Waals surface area contributed by atoms with Crippen LogP contribution in [0.5, 0.6) is 5.75 Å². The van der Waals surface area contributed by atoms with Crippen molar-refractivity contribution >= 4 is 17.6 Å². The first-order valence-electron chi connectivity index (χ1n) is 9.18. The maximum absolute atomic E-state index is 12.7. The van der Waals surface area contributed by atoms with Gasteiger partial charge in [0.2, 0.25) is 0 Å². The standard InChI is InChI=1S/C22H23N3O4/c1-14-20(15(2)25(24-14)18-8-6-5-7-9-18)22(27)29-16(3)21(26)23-17-10-12-19(28-4)13-11-17/h5-13,16H,1-4H3,(H,23,26). The van der Waals surface area contributed by atoms with Crippen LogP contribution >= 0.6 is 0 Å². The molecule has 0 saturated carbocycles. The molecule has 0 saturated heterocycles. The molecule has 1 aromatic heterocycles. The van der Waals surface area contributed by atoms with E-state index in [-0.39, 0.29) is 0 Å². The van der Waals surface area contributed by atoms with Crippen molar-refractivity contribution in [2.75, 3.05) is 12.4 Å². The maximum Gasteiger partial charge on any atom is 0.342 e. The smallest absolute Gasteiger partial charge is 0.342 e. The average Bonchev–Trinajstić information content (AvgIpc) is 3.03. The summed E-state index contributed by atoms with van der Waals surface area (Å²) in [6.07, 6.45) is -0.969. The quantitative estimate of drug-likeness (QED) is 0.646. The molecule has 0 bridgehead atoms. The summed E-state index contributed by atoms with van der Waals surface area (Å²) in [5, 5.41) is 7.16. The largest absolute Gasteiger partial charge is 0.497 e. The number of hydrogen-bond donors (Lipinski definition) is 1. The van der Waals surface area contributed by atoms with Crippen molar-refractivity contribution in [3.63, 3.8) is 0 Å². The van der Waals surface area contributed by atoms with Gasteiger partial charge in [-0.15, -0.1) is 0 Å². The Hall–Kier alpha value is -3.61. The van der Waals surface area contributed by atoms with Gasteiger partial charge in [0.05, 0.1) is 24.2 Å². The first-order chi connectivity index (χ1) is 13.9. The molecule has 0 aliphatic carbocycles. The van der Waals surface area contributed by atoms with Crippen LogP contribution in [0.2, 0.25) is 0 Å². The summed E-state index contributed by atoms with van der Waals surface area (Å²) in [4.78, 5) is 25.1. The van der Waals surface area contributed by atoms with E-state index in [9.17, 15) is 9.59 Å². The molecule has 7 nitrogen and oxygen atoms in total. The highest BCUT2D eigenvalue weighted by molar-refractivity contribution is 5.98. The second kappa shape index (κ2) is 8.60. The second-order valence-corrected chi connectivity index (χ2v) is 6.56. The molecule has 29 heavy (non-hydrogen) atoms. The molecule has 1 amide bonds. The normalized spacial score (nSPS) is 11.6. The van der Waals surface area contributed by atoms with Crippen LogP contribution in [-0.4, -0.2) is 34.9 Å². The lowest BCUT2D eigenvalue weighted by molar-refractivity contribution is -0.123. The summed E-state index contributed by atoms with van der Waals surface area (Å²) in [5.74, 6) is -0.322. The van der Waals surface area contributed by atoms with Gasteiger partial charge in [0.1, 0.15) is 11.3 Å². The van der Waals surface area contributed by atoms with E-state index in [0.29, 0.717) is 28.4 Å². The number of aryl methyl sites for hydroxylation is 1. The van der Waals surface area contributed by atoms with Crippen LogP contribution in [-0.2, 0) is 9.53 Å². The van der Waals surface area contributed by atoms with Gasteiger partial charge in [-0.05, 0) is 57.2 Å². The topological polar surface area (TPSA) is 82.4 Å². The molecule has 3 aromatic rings. The van der Waals surface area contributed by atoms with Crippen LogP contribution in [0.3, 0.4) is 0 Å². The van der Waals surface area contributed by atoms with Crippen molar-refractivity contribution in [1.82, 2.24) is 9.78 Å². The van der Waals surface area contributed by atoms with E-state index in [1.165, 1.54) is 6.92 Å². The Labute approximate surface area is 169 Å². The van der Waals surface area contributed by atoms with E-state index < -0.39 is 18.0 Å². The fourth-order valence-electron chi connectivity index (χ4n) is 2.95. The molecule has 2 aromatic carbocycles. The number of carbonyl (C=O) groups excluding carboxylic acids is 2. The minimum absolute atomic E-state index is 0.359. The van der Waals surface area contributed by atoms with E-state index in [4.69, 9.17) is 9.47 Å². The van der Waals surface area contributed by atoms with Crippen molar-refractivity contribution in [3.8, 4) is 11.4 Å². The number of carbonyl (C=O) groups is 2. The summed E-state index contributed by atoms with van der Waals surface area (Å²) >= 11 is 0. The number of ether oxygens (including phenoxy) is 2. The summed E-state index contributed by atoms with van der Waals surface area (Å²) in [7, 11) is 1.57. The van der Waals surface area contributed by atoms with Gasteiger partial charge >= 0.3 is 5.97 Å². The van der Waals surface area contributed by atoms with Crippen LogP contribution in [0.15, 0.2) is 54.6 Å². The third-order valence-electron chi connectivity index (χ3n) is 4.51. The summed E-state index contributed by atoms with van der Waals surface area (Å²) in [6.45, 7) is 5.07. The molecule has 0 aliphatic rings. The highest BCUT2D eigenvalue weighted by Gasteiger charge is 2.25. The first-order valence-corrected chi connectivity index (χ1v) is 9.18. The van der Waals surface area contributed by atoms with Gasteiger partial charge in [-0.1, -0.05) is 18.2 Å². The Morgan fingerprint density at radius 2 is 1.69 bits per heavy atom. The molecule has 0 spiro atoms. The number of amides is 1. The van der Waals surface area contributed by atoms with Crippen molar-refractivity contribution in [1.29, 1.82) is 0 Å². The molecule has 0 fully saturated rings. The van der Waals surface area contributed by atoms with Gasteiger partial charge in [-0.25, -0.2) is 9.48 Å². The lowest BCUT2D eigenvalue weighted by atomic mass is 10.2. The summed E-state index contributed by atoms with van der Waals surface area (Å²) < 4.78 is 12.2. The number of methoxy groups -OCH3 is 1. The van der Waals surface area contributed by atoms with Gasteiger partial charge in [-0.3, -0.25) is 4.79 Å². The third kappa shape index (κ3) is 4.45. The first kappa shape index (κ1) is 20.1. The third-order valence-corrected chi connectivity index (χ3v) is 4.51. The molecule has 1 heterocycles. The SMILES string of the molecule is COc1ccc(NC(=O)C(C)OC(=O)c2c(C)nn(-c3ccccc3)c2C)cc1. The molecule has 3 rings (SSSR count). The Balaban J connectivity index is 1.70. The van der Waals surface area contributed by atoms with Crippen LogP contribution in [0, 0.1) is 13.8 Å². The number of anilines is 1. The van der Waals surface area contributed by atoms with Gasteiger partial charge in [0, 0.05) is 5.69 Å². The Morgan fingerprint density at radius 3 is 2.31 bits per heavy atom. The molecule has 0 aliphatic heterocycles. The Kier molecular flexibility index (Phi) is 5.97. The van der Waals surface area contributed by atoms with Gasteiger partial charge in [0.15, 0.2) is 6.10 Å². The predicted octanol–water partition coefficient (Wildman–Crippen LogP) is 3.68. The highest BCUT2D eigenvalue weighted by Crippen LogP contribution is 2.20. The fraction of sp³-hybridized carbons (Fsp3) is 0.227.